The van der Waals surface area contributed by atoms with Crippen LogP contribution in [0.15, 0.2) is 42.5 Å². The highest BCUT2D eigenvalue weighted by Gasteiger charge is 2.18. The van der Waals surface area contributed by atoms with E-state index in [1.54, 1.807) is 31.2 Å². The first kappa shape index (κ1) is 21.4. The minimum Gasteiger partial charge on any atom is -0.326 e. The summed E-state index contributed by atoms with van der Waals surface area (Å²) < 4.78 is 25.5. The number of non-ortho nitro benzene ring substituents is 1. The Hall–Kier alpha value is -2.94. The zero-order valence-corrected chi connectivity index (χ0v) is 16.8. The van der Waals surface area contributed by atoms with Crippen LogP contribution in [0.1, 0.15) is 24.0 Å². The number of anilines is 2. The Bertz CT molecular complexity index is 989. The first-order valence-electron chi connectivity index (χ1n) is 8.67. The fourth-order valence-electron chi connectivity index (χ4n) is 2.72. The van der Waals surface area contributed by atoms with Gasteiger partial charge in [-0.3, -0.25) is 19.2 Å². The van der Waals surface area contributed by atoms with E-state index in [9.17, 15) is 23.3 Å². The van der Waals surface area contributed by atoms with Crippen LogP contribution in [-0.2, 0) is 14.8 Å². The van der Waals surface area contributed by atoms with Crippen LogP contribution in [0.2, 0.25) is 0 Å². The van der Waals surface area contributed by atoms with E-state index >= 15 is 0 Å². The Morgan fingerprint density at radius 2 is 1.89 bits per heavy atom. The molecule has 0 unspecified atom stereocenters. The first-order chi connectivity index (χ1) is 13.1. The van der Waals surface area contributed by atoms with E-state index < -0.39 is 14.9 Å². The summed E-state index contributed by atoms with van der Waals surface area (Å²) in [7, 11) is -3.49. The monoisotopic (exact) mass is 405 g/mol. The smallest absolute Gasteiger partial charge is 0.271 e. The first-order valence-corrected chi connectivity index (χ1v) is 10.5. The minimum absolute atomic E-state index is 0.0833. The summed E-state index contributed by atoms with van der Waals surface area (Å²) in [5.74, 6) is -0.332. The number of hydrogen-bond donors (Lipinski definition) is 1. The van der Waals surface area contributed by atoms with Crippen molar-refractivity contribution in [3.8, 4) is 0 Å². The third kappa shape index (κ3) is 5.78. The van der Waals surface area contributed by atoms with Crippen LogP contribution >= 0.6 is 0 Å². The van der Waals surface area contributed by atoms with Crippen molar-refractivity contribution in [2.45, 2.75) is 26.7 Å². The van der Waals surface area contributed by atoms with Gasteiger partial charge in [-0.2, -0.15) is 0 Å². The second-order valence-electron chi connectivity index (χ2n) is 6.58. The molecule has 0 atom stereocenters. The largest absolute Gasteiger partial charge is 0.326 e. The van der Waals surface area contributed by atoms with Gasteiger partial charge in [0.1, 0.15) is 0 Å². The molecule has 8 nitrogen and oxygen atoms in total. The van der Waals surface area contributed by atoms with Crippen molar-refractivity contribution in [1.82, 2.24) is 0 Å². The summed E-state index contributed by atoms with van der Waals surface area (Å²) in [5, 5.41) is 13.5. The van der Waals surface area contributed by atoms with Crippen molar-refractivity contribution in [3.05, 3.63) is 63.7 Å². The Morgan fingerprint density at radius 3 is 2.50 bits per heavy atom. The predicted molar refractivity (Wildman–Crippen MR) is 109 cm³/mol. The highest BCUT2D eigenvalue weighted by atomic mass is 32.2. The predicted octanol–water partition coefficient (Wildman–Crippen LogP) is 3.40. The van der Waals surface area contributed by atoms with Gasteiger partial charge in [-0.05, 0) is 43.5 Å². The van der Waals surface area contributed by atoms with Crippen LogP contribution in [0.3, 0.4) is 0 Å². The van der Waals surface area contributed by atoms with Gasteiger partial charge in [0.25, 0.3) is 5.69 Å². The molecule has 9 heteroatoms. The SMILES string of the molecule is Cc1cccc(N(CCCC(=O)Nc2cc([N+](=O)[O-])ccc2C)S(C)(=O)=O)c1. The maximum atomic E-state index is 12.2. The average molecular weight is 405 g/mol. The van der Waals surface area contributed by atoms with E-state index in [0.717, 1.165) is 11.8 Å². The number of nitro benzene ring substituents is 1. The topological polar surface area (TPSA) is 110 Å². The third-order valence-electron chi connectivity index (χ3n) is 4.16. The Kier molecular flexibility index (Phi) is 6.74. The lowest BCUT2D eigenvalue weighted by molar-refractivity contribution is -0.384. The minimum atomic E-state index is -3.49. The molecule has 0 aliphatic carbocycles. The van der Waals surface area contributed by atoms with Gasteiger partial charge in [0.05, 0.1) is 22.6 Å². The van der Waals surface area contributed by atoms with Crippen LogP contribution in [0, 0.1) is 24.0 Å². The van der Waals surface area contributed by atoms with Crippen molar-refractivity contribution in [2.24, 2.45) is 0 Å². The molecule has 0 radical (unpaired) electrons. The van der Waals surface area contributed by atoms with Gasteiger partial charge < -0.3 is 5.32 Å². The van der Waals surface area contributed by atoms with Crippen molar-refractivity contribution >= 4 is 33.0 Å². The summed E-state index contributed by atoms with van der Waals surface area (Å²) in [4.78, 5) is 22.6. The van der Waals surface area contributed by atoms with Gasteiger partial charge in [-0.25, -0.2) is 8.42 Å². The highest BCUT2D eigenvalue weighted by Crippen LogP contribution is 2.23. The van der Waals surface area contributed by atoms with Gasteiger partial charge in [-0.1, -0.05) is 18.2 Å². The van der Waals surface area contributed by atoms with Crippen LogP contribution in [0.4, 0.5) is 17.1 Å². The van der Waals surface area contributed by atoms with E-state index in [1.807, 2.05) is 13.0 Å². The molecule has 0 heterocycles. The average Bonchev–Trinajstić information content (AvgIpc) is 2.59. The number of nitrogens with zero attached hydrogens (tertiary/aromatic N) is 2. The van der Waals surface area contributed by atoms with Crippen molar-refractivity contribution in [3.63, 3.8) is 0 Å². The molecular weight excluding hydrogens is 382 g/mol. The van der Waals surface area contributed by atoms with E-state index in [-0.39, 0.29) is 24.6 Å². The fraction of sp³-hybridized carbons (Fsp3) is 0.316. The number of aryl methyl sites for hydroxylation is 2. The molecule has 0 saturated heterocycles. The van der Waals surface area contributed by atoms with Gasteiger partial charge in [-0.15, -0.1) is 0 Å². The number of carbonyl (C=O) groups is 1. The van der Waals surface area contributed by atoms with Gasteiger partial charge in [0, 0.05) is 25.1 Å². The van der Waals surface area contributed by atoms with Crippen LogP contribution in [0.25, 0.3) is 0 Å². The molecule has 0 aromatic heterocycles. The van der Waals surface area contributed by atoms with Gasteiger partial charge >= 0.3 is 0 Å². The molecule has 0 aliphatic rings. The number of nitrogens with one attached hydrogen (secondary N) is 1. The Labute approximate surface area is 164 Å². The molecular formula is C19H23N3O5S. The lowest BCUT2D eigenvalue weighted by Gasteiger charge is -2.22. The molecule has 0 fully saturated rings. The molecule has 2 aromatic rings. The zero-order valence-electron chi connectivity index (χ0n) is 16.0. The molecule has 0 spiro atoms. The van der Waals surface area contributed by atoms with Gasteiger partial charge in [0.2, 0.25) is 15.9 Å². The summed E-state index contributed by atoms with van der Waals surface area (Å²) in [5.41, 5.74) is 2.46. The molecule has 150 valence electrons. The lowest BCUT2D eigenvalue weighted by atomic mass is 10.1. The van der Waals surface area contributed by atoms with Crippen LogP contribution in [0.5, 0.6) is 0 Å². The van der Waals surface area contributed by atoms with Crippen molar-refractivity contribution in [2.75, 3.05) is 22.4 Å². The normalized spacial score (nSPS) is 11.1. The maximum absolute atomic E-state index is 12.2. The van der Waals surface area contributed by atoms with Crippen molar-refractivity contribution in [1.29, 1.82) is 0 Å². The second-order valence-corrected chi connectivity index (χ2v) is 8.49. The molecule has 28 heavy (non-hydrogen) atoms. The molecule has 1 N–H and O–H groups in total. The summed E-state index contributed by atoms with van der Waals surface area (Å²) in [6.45, 7) is 3.77. The van der Waals surface area contributed by atoms with Crippen LogP contribution in [-0.4, -0.2) is 32.0 Å². The number of sulfonamides is 1. The van der Waals surface area contributed by atoms with Gasteiger partial charge in [0.15, 0.2) is 0 Å². The number of amides is 1. The van der Waals surface area contributed by atoms with Crippen molar-refractivity contribution < 1.29 is 18.1 Å². The summed E-state index contributed by atoms with van der Waals surface area (Å²) >= 11 is 0. The van der Waals surface area contributed by atoms with E-state index in [1.165, 1.54) is 16.4 Å². The number of carbonyl (C=O) groups excluding carboxylic acids is 1. The summed E-state index contributed by atoms with van der Waals surface area (Å²) in [6.07, 6.45) is 1.52. The third-order valence-corrected chi connectivity index (χ3v) is 5.36. The zero-order chi connectivity index (χ0) is 20.9. The molecule has 0 bridgehead atoms. The second kappa shape index (κ2) is 8.83. The summed E-state index contributed by atoms with van der Waals surface area (Å²) in [6, 6.07) is 11.4. The highest BCUT2D eigenvalue weighted by molar-refractivity contribution is 7.92. The standard InChI is InChI=1S/C19H23N3O5S/c1-14-6-4-7-16(12-14)21(28(3,26)27)11-5-8-19(23)20-18-13-17(22(24)25)10-9-15(18)2/h4,6-7,9-10,12-13H,5,8,11H2,1-3H3,(H,20,23). The fourth-order valence-corrected chi connectivity index (χ4v) is 3.68. The Morgan fingerprint density at radius 1 is 1.18 bits per heavy atom. The Balaban J connectivity index is 2.02. The molecule has 2 rings (SSSR count). The molecule has 0 aliphatic heterocycles. The number of rotatable bonds is 8. The van der Waals surface area contributed by atoms with E-state index in [0.29, 0.717) is 23.4 Å². The number of nitro groups is 1. The number of benzene rings is 2. The number of hydrogen-bond acceptors (Lipinski definition) is 5. The molecule has 0 saturated carbocycles. The molecule has 2 aromatic carbocycles. The van der Waals surface area contributed by atoms with E-state index in [4.69, 9.17) is 0 Å². The molecule has 1 amide bonds. The quantitative estimate of drug-likeness (QED) is 0.535. The maximum Gasteiger partial charge on any atom is 0.271 e. The lowest BCUT2D eigenvalue weighted by Crippen LogP contribution is -2.31. The van der Waals surface area contributed by atoms with Crippen LogP contribution < -0.4 is 9.62 Å². The van der Waals surface area contributed by atoms with E-state index in [2.05, 4.69) is 5.32 Å².